The normalized spacial score (nSPS) is 10.6. The van der Waals surface area contributed by atoms with E-state index in [4.69, 9.17) is 85.9 Å². The third-order valence-corrected chi connectivity index (χ3v) is 5.51. The Morgan fingerprint density at radius 1 is 0.783 bits per heavy atom. The third-order valence-electron chi connectivity index (χ3n) is 2.53. The molecule has 1 N–H and O–H groups in total. The van der Waals surface area contributed by atoms with E-state index in [1.165, 1.54) is 18.2 Å². The molecule has 2 aromatic rings. The average molecular weight is 454 g/mol. The van der Waals surface area contributed by atoms with Gasteiger partial charge in [-0.3, -0.25) is 5.32 Å². The first-order valence-corrected chi connectivity index (χ1v) is 8.32. The highest BCUT2D eigenvalue weighted by Gasteiger charge is 2.22. The fourth-order valence-corrected chi connectivity index (χ4v) is 2.98. The average Bonchev–Trinajstić information content (AvgIpc) is 2.51. The number of rotatable bonds is 2. The van der Waals surface area contributed by atoms with Crippen LogP contribution in [0.3, 0.4) is 0 Å². The molecule has 0 aliphatic carbocycles. The van der Waals surface area contributed by atoms with Crippen molar-refractivity contribution >= 4 is 93.0 Å². The van der Waals surface area contributed by atoms with Crippen molar-refractivity contribution in [1.82, 2.24) is 0 Å². The number of amides is 1. The second-order valence-electron chi connectivity index (χ2n) is 4.04. The lowest BCUT2D eigenvalue weighted by molar-refractivity contribution is 0.215. The van der Waals surface area contributed by atoms with Gasteiger partial charge in [0.15, 0.2) is 5.75 Å². The first kappa shape index (κ1) is 19.1. The summed E-state index contributed by atoms with van der Waals surface area (Å²) in [5.74, 6) is -0.217. The van der Waals surface area contributed by atoms with E-state index in [1.807, 2.05) is 0 Å². The van der Waals surface area contributed by atoms with Crippen LogP contribution in [0.1, 0.15) is 0 Å². The van der Waals surface area contributed by atoms with Crippen molar-refractivity contribution in [3.05, 3.63) is 53.4 Å². The molecule has 10 heteroatoms. The molecule has 1 amide bonds. The molecule has 0 aliphatic heterocycles. The minimum Gasteiger partial charge on any atom is -0.407 e. The zero-order valence-corrected chi connectivity index (χ0v) is 16.0. The number of benzene rings is 2. The minimum absolute atomic E-state index is 0.0411. The number of halogens is 7. The lowest BCUT2D eigenvalue weighted by atomic mass is 10.3. The van der Waals surface area contributed by atoms with Gasteiger partial charge in [0.25, 0.3) is 0 Å². The van der Waals surface area contributed by atoms with Crippen molar-refractivity contribution in [2.24, 2.45) is 0 Å². The van der Waals surface area contributed by atoms with E-state index in [9.17, 15) is 4.79 Å². The molecule has 0 atom stereocenters. The van der Waals surface area contributed by atoms with Crippen molar-refractivity contribution in [2.45, 2.75) is 0 Å². The highest BCUT2D eigenvalue weighted by atomic mass is 35.5. The Kier molecular flexibility index (Phi) is 6.42. The maximum atomic E-state index is 11.9. The predicted octanol–water partition coefficient (Wildman–Crippen LogP) is 7.87. The Morgan fingerprint density at radius 3 is 1.83 bits per heavy atom. The molecule has 0 fully saturated rings. The van der Waals surface area contributed by atoms with Crippen LogP contribution in [0, 0.1) is 0 Å². The second kappa shape index (κ2) is 7.75. The van der Waals surface area contributed by atoms with Gasteiger partial charge in [0, 0.05) is 5.69 Å². The number of ether oxygens (including phenoxy) is 1. The van der Waals surface area contributed by atoms with Gasteiger partial charge in [-0.15, -0.1) is 0 Å². The van der Waals surface area contributed by atoms with Gasteiger partial charge in [0.1, 0.15) is 10.0 Å². The second-order valence-corrected chi connectivity index (χ2v) is 6.75. The summed E-state index contributed by atoms with van der Waals surface area (Å²) in [6.45, 7) is 0. The van der Waals surface area contributed by atoms with E-state index in [0.717, 1.165) is 0 Å². The maximum Gasteiger partial charge on any atom is 0.417 e. The number of anilines is 1. The van der Waals surface area contributed by atoms with Crippen LogP contribution < -0.4 is 10.1 Å². The van der Waals surface area contributed by atoms with Gasteiger partial charge in [-0.2, -0.15) is 0 Å². The summed E-state index contributed by atoms with van der Waals surface area (Å²) >= 11 is 41.2. The van der Waals surface area contributed by atoms with Crippen LogP contribution in [-0.4, -0.2) is 6.09 Å². The number of nitrogens with one attached hydrogen (secondary N) is 1. The van der Waals surface area contributed by atoms with Crippen molar-refractivity contribution < 1.29 is 9.53 Å². The quantitative estimate of drug-likeness (QED) is 0.370. The van der Waals surface area contributed by atoms with Crippen molar-refractivity contribution in [1.29, 1.82) is 0 Å². The van der Waals surface area contributed by atoms with E-state index in [-0.39, 0.29) is 35.9 Å². The smallest absolute Gasteiger partial charge is 0.407 e. The number of carbonyl (C=O) groups is 1. The molecule has 0 aliphatic rings. The van der Waals surface area contributed by atoms with E-state index in [2.05, 4.69) is 5.32 Å². The molecule has 0 unspecified atom stereocenters. The summed E-state index contributed by atoms with van der Waals surface area (Å²) in [5.41, 5.74) is 0.350. The van der Waals surface area contributed by atoms with E-state index >= 15 is 0 Å². The Hall–Kier alpha value is -0.260. The summed E-state index contributed by atoms with van der Waals surface area (Å²) in [5, 5.41) is 2.53. The molecule has 0 radical (unpaired) electrons. The van der Waals surface area contributed by atoms with Crippen LogP contribution in [0.2, 0.25) is 35.2 Å². The van der Waals surface area contributed by atoms with Crippen LogP contribution in [0.4, 0.5) is 10.5 Å². The molecule has 23 heavy (non-hydrogen) atoms. The number of hydrogen-bond acceptors (Lipinski definition) is 2. The molecule has 0 heterocycles. The van der Waals surface area contributed by atoms with Gasteiger partial charge >= 0.3 is 6.09 Å². The summed E-state index contributed by atoms with van der Waals surface area (Å²) in [6, 6.07) is 4.48. The van der Waals surface area contributed by atoms with Crippen molar-refractivity contribution in [3.63, 3.8) is 0 Å². The Labute approximate surface area is 166 Å². The van der Waals surface area contributed by atoms with Gasteiger partial charge < -0.3 is 4.74 Å². The summed E-state index contributed by atoms with van der Waals surface area (Å²) < 4.78 is 5.05. The Morgan fingerprint density at radius 2 is 1.30 bits per heavy atom. The first-order chi connectivity index (χ1) is 10.7. The molecular formula is C13H4Cl7NO2. The molecule has 0 spiro atoms. The fraction of sp³-hybridized carbons (Fsp3) is 0. The van der Waals surface area contributed by atoms with Crippen LogP contribution in [0.25, 0.3) is 0 Å². The Bertz CT molecular complexity index is 765. The summed E-state index contributed by atoms with van der Waals surface area (Å²) in [6.07, 6.45) is -0.887. The highest BCUT2D eigenvalue weighted by Crippen LogP contribution is 2.48. The van der Waals surface area contributed by atoms with Crippen LogP contribution in [0.5, 0.6) is 5.75 Å². The maximum absolute atomic E-state index is 11.9. The number of carbonyl (C=O) groups excluding carboxylic acids is 1. The van der Waals surface area contributed by atoms with Gasteiger partial charge in [0.2, 0.25) is 0 Å². The van der Waals surface area contributed by atoms with Crippen molar-refractivity contribution in [3.8, 4) is 5.75 Å². The van der Waals surface area contributed by atoms with Crippen LogP contribution in [0.15, 0.2) is 18.2 Å². The largest absolute Gasteiger partial charge is 0.417 e. The SMILES string of the molecule is O=C(Nc1ccc(Cl)c(Cl)c1)Oc1c(Cl)c(Cl)c(Cl)c(Cl)c1Cl. The highest BCUT2D eigenvalue weighted by molar-refractivity contribution is 6.55. The molecule has 0 bridgehead atoms. The standard InChI is InChI=1S/C13H4Cl7NO2/c14-5-2-1-4(3-6(5)15)21-13(22)23-12-10(19)8(17)7(16)9(18)11(12)20/h1-3H,(H,21,22). The zero-order valence-electron chi connectivity index (χ0n) is 10.7. The topological polar surface area (TPSA) is 38.3 Å². The van der Waals surface area contributed by atoms with Crippen LogP contribution >= 0.6 is 81.2 Å². The lowest BCUT2D eigenvalue weighted by Gasteiger charge is -2.13. The summed E-state index contributed by atoms with van der Waals surface area (Å²) in [4.78, 5) is 11.9. The molecule has 0 aromatic heterocycles. The predicted molar refractivity (Wildman–Crippen MR) is 97.6 cm³/mol. The van der Waals surface area contributed by atoms with Crippen molar-refractivity contribution in [2.75, 3.05) is 5.32 Å². The van der Waals surface area contributed by atoms with Gasteiger partial charge in [-0.1, -0.05) is 81.2 Å². The Balaban J connectivity index is 2.25. The molecule has 3 nitrogen and oxygen atoms in total. The molecule has 0 saturated heterocycles. The third kappa shape index (κ3) is 4.23. The van der Waals surface area contributed by atoms with E-state index in [1.54, 1.807) is 0 Å². The first-order valence-electron chi connectivity index (χ1n) is 5.67. The molecule has 0 saturated carbocycles. The van der Waals surface area contributed by atoms with Crippen LogP contribution in [-0.2, 0) is 0 Å². The van der Waals surface area contributed by atoms with Gasteiger partial charge in [-0.25, -0.2) is 4.79 Å². The molecule has 2 rings (SSSR count). The fourth-order valence-electron chi connectivity index (χ4n) is 1.48. The van der Waals surface area contributed by atoms with E-state index in [0.29, 0.717) is 10.7 Å². The lowest BCUT2D eigenvalue weighted by Crippen LogP contribution is -2.17. The molecular weight excluding hydrogens is 450 g/mol. The van der Waals surface area contributed by atoms with Gasteiger partial charge in [0.05, 0.1) is 25.1 Å². The minimum atomic E-state index is -0.887. The summed E-state index contributed by atoms with van der Waals surface area (Å²) in [7, 11) is 0. The number of hydrogen-bond donors (Lipinski definition) is 1. The van der Waals surface area contributed by atoms with E-state index < -0.39 is 6.09 Å². The monoisotopic (exact) mass is 451 g/mol. The zero-order chi connectivity index (χ0) is 17.3. The molecule has 2 aromatic carbocycles. The van der Waals surface area contributed by atoms with Gasteiger partial charge in [-0.05, 0) is 18.2 Å². The molecule has 122 valence electrons.